The highest BCUT2D eigenvalue weighted by Crippen LogP contribution is 2.33. The summed E-state index contributed by atoms with van der Waals surface area (Å²) in [5.41, 5.74) is 3.32. The average Bonchev–Trinajstić information content (AvgIpc) is 2.75. The van der Waals surface area contributed by atoms with Crippen LogP contribution in [0.15, 0.2) is 91.0 Å². The van der Waals surface area contributed by atoms with Crippen LogP contribution in [0.2, 0.25) is 0 Å². The summed E-state index contributed by atoms with van der Waals surface area (Å²) < 4.78 is 4.76. The molecule has 0 saturated heterocycles. The van der Waals surface area contributed by atoms with Crippen molar-refractivity contribution in [2.75, 3.05) is 7.11 Å². The molecule has 0 bridgehead atoms. The monoisotopic (exact) mass is 358 g/mol. The van der Waals surface area contributed by atoms with Crippen molar-refractivity contribution in [1.82, 2.24) is 0 Å². The molecule has 0 aromatic heterocycles. The summed E-state index contributed by atoms with van der Waals surface area (Å²) >= 11 is 0. The third kappa shape index (κ3) is 4.72. The molecule has 0 spiro atoms. The third-order valence-corrected chi connectivity index (χ3v) is 4.49. The van der Waals surface area contributed by atoms with Gasteiger partial charge in [-0.25, -0.2) is 4.79 Å². The number of benzene rings is 3. The van der Waals surface area contributed by atoms with Crippen LogP contribution < -0.4 is 0 Å². The first-order valence-corrected chi connectivity index (χ1v) is 8.83. The zero-order valence-electron chi connectivity index (χ0n) is 15.2. The topological polar surface area (TPSA) is 46.5 Å². The van der Waals surface area contributed by atoms with E-state index in [2.05, 4.69) is 0 Å². The Labute approximate surface area is 159 Å². The number of ether oxygens (including phenoxy) is 1. The van der Waals surface area contributed by atoms with Gasteiger partial charge in [-0.15, -0.1) is 0 Å². The van der Waals surface area contributed by atoms with E-state index in [0.29, 0.717) is 5.56 Å². The van der Waals surface area contributed by atoms with E-state index in [1.165, 1.54) is 7.11 Å². The number of methoxy groups -OCH3 is 1. The van der Waals surface area contributed by atoms with Crippen LogP contribution in [0.5, 0.6) is 0 Å². The van der Waals surface area contributed by atoms with Crippen molar-refractivity contribution in [3.63, 3.8) is 0 Å². The number of carbonyl (C=O) groups is 1. The molecule has 3 aromatic rings. The van der Waals surface area contributed by atoms with Crippen LogP contribution in [0.3, 0.4) is 0 Å². The molecule has 27 heavy (non-hydrogen) atoms. The molecule has 0 unspecified atom stereocenters. The number of hydrogen-bond acceptors (Lipinski definition) is 3. The zero-order valence-corrected chi connectivity index (χ0v) is 15.2. The minimum Gasteiger partial charge on any atom is -0.465 e. The summed E-state index contributed by atoms with van der Waals surface area (Å²) in [5, 5.41) is 11.0. The van der Waals surface area contributed by atoms with E-state index in [1.807, 2.05) is 84.9 Å². The van der Waals surface area contributed by atoms with Crippen molar-refractivity contribution in [2.45, 2.75) is 12.0 Å². The van der Waals surface area contributed by atoms with Crippen LogP contribution in [-0.4, -0.2) is 18.2 Å². The number of aliphatic hydroxyl groups excluding tert-OH is 1. The first kappa shape index (κ1) is 18.6. The minimum atomic E-state index is -0.699. The highest BCUT2D eigenvalue weighted by molar-refractivity contribution is 5.89. The maximum absolute atomic E-state index is 11.7. The van der Waals surface area contributed by atoms with Crippen molar-refractivity contribution >= 4 is 12.0 Å². The van der Waals surface area contributed by atoms with Gasteiger partial charge in [0.1, 0.15) is 0 Å². The molecule has 3 rings (SSSR count). The van der Waals surface area contributed by atoms with Gasteiger partial charge in [0.15, 0.2) is 0 Å². The number of esters is 1. The normalized spacial score (nSPS) is 13.3. The van der Waals surface area contributed by atoms with Gasteiger partial charge < -0.3 is 9.84 Å². The number of carbonyl (C=O) groups excluding carboxylic acids is 1. The maximum atomic E-state index is 11.7. The molecular formula is C24H22O3. The van der Waals surface area contributed by atoms with Gasteiger partial charge in [-0.05, 0) is 28.8 Å². The van der Waals surface area contributed by atoms with Crippen LogP contribution in [0.25, 0.3) is 6.08 Å². The fraction of sp³-hybridized carbons (Fsp3) is 0.125. The van der Waals surface area contributed by atoms with Crippen molar-refractivity contribution in [2.24, 2.45) is 0 Å². The van der Waals surface area contributed by atoms with E-state index in [9.17, 15) is 9.90 Å². The van der Waals surface area contributed by atoms with Gasteiger partial charge in [0.05, 0.1) is 18.8 Å². The van der Waals surface area contributed by atoms with E-state index in [4.69, 9.17) is 4.74 Å². The lowest BCUT2D eigenvalue weighted by molar-refractivity contribution is 0.0600. The predicted molar refractivity (Wildman–Crippen MR) is 107 cm³/mol. The summed E-state index contributed by atoms with van der Waals surface area (Å²) in [6.07, 6.45) is 3.31. The van der Waals surface area contributed by atoms with Gasteiger partial charge in [0.25, 0.3) is 0 Å². The summed E-state index contributed by atoms with van der Waals surface area (Å²) in [6, 6.07) is 26.7. The Kier molecular flexibility index (Phi) is 6.18. The maximum Gasteiger partial charge on any atom is 0.337 e. The smallest absolute Gasteiger partial charge is 0.337 e. The molecule has 0 aliphatic carbocycles. The molecule has 3 heteroatoms. The van der Waals surface area contributed by atoms with Crippen molar-refractivity contribution in [1.29, 1.82) is 0 Å². The quantitative estimate of drug-likeness (QED) is 0.631. The standard InChI is InChI=1S/C24H22O3/c1-27-24(26)21-15-13-19(14-16-21)22(17-12-18-8-4-2-5-9-18)23(25)20-10-6-3-7-11-20/h2-17,22-23,25H,1H3/b17-12-/t22-,23-/m0/s1. The Morgan fingerprint density at radius 2 is 1.44 bits per heavy atom. The molecule has 0 fully saturated rings. The first-order valence-electron chi connectivity index (χ1n) is 8.83. The van der Waals surface area contributed by atoms with Gasteiger partial charge in [-0.3, -0.25) is 0 Å². The van der Waals surface area contributed by atoms with Crippen molar-refractivity contribution in [3.05, 3.63) is 113 Å². The summed E-state index contributed by atoms with van der Waals surface area (Å²) in [6.45, 7) is 0. The Morgan fingerprint density at radius 1 is 0.852 bits per heavy atom. The SMILES string of the molecule is COC(=O)c1ccc([C@H](/C=C\c2ccccc2)[C@@H](O)c2ccccc2)cc1. The molecular weight excluding hydrogens is 336 g/mol. The Bertz CT molecular complexity index is 884. The van der Waals surface area contributed by atoms with E-state index < -0.39 is 6.10 Å². The highest BCUT2D eigenvalue weighted by atomic mass is 16.5. The van der Waals surface area contributed by atoms with Crippen LogP contribution in [-0.2, 0) is 4.74 Å². The van der Waals surface area contributed by atoms with Gasteiger partial charge in [0, 0.05) is 5.92 Å². The van der Waals surface area contributed by atoms with Crippen LogP contribution in [0.4, 0.5) is 0 Å². The second-order valence-electron chi connectivity index (χ2n) is 6.26. The summed E-state index contributed by atoms with van der Waals surface area (Å²) in [7, 11) is 1.36. The van der Waals surface area contributed by atoms with Crippen LogP contribution in [0.1, 0.15) is 39.1 Å². The van der Waals surface area contributed by atoms with Gasteiger partial charge in [-0.2, -0.15) is 0 Å². The molecule has 0 amide bonds. The lowest BCUT2D eigenvalue weighted by atomic mass is 9.88. The van der Waals surface area contributed by atoms with E-state index in [0.717, 1.165) is 16.7 Å². The van der Waals surface area contributed by atoms with E-state index >= 15 is 0 Å². The predicted octanol–water partition coefficient (Wildman–Crippen LogP) is 5.00. The molecule has 0 heterocycles. The lowest BCUT2D eigenvalue weighted by Gasteiger charge is -2.21. The number of aliphatic hydroxyl groups is 1. The zero-order chi connectivity index (χ0) is 19.1. The lowest BCUT2D eigenvalue weighted by Crippen LogP contribution is -2.09. The van der Waals surface area contributed by atoms with Crippen LogP contribution >= 0.6 is 0 Å². The molecule has 0 saturated carbocycles. The molecule has 0 radical (unpaired) electrons. The van der Waals surface area contributed by atoms with Gasteiger partial charge >= 0.3 is 5.97 Å². The fourth-order valence-corrected chi connectivity index (χ4v) is 2.99. The second kappa shape index (κ2) is 8.97. The molecule has 3 aromatic carbocycles. The molecule has 0 aliphatic rings. The summed E-state index contributed by atoms with van der Waals surface area (Å²) in [5.74, 6) is -0.624. The van der Waals surface area contributed by atoms with Gasteiger partial charge in [0.2, 0.25) is 0 Å². The molecule has 0 aliphatic heterocycles. The average molecular weight is 358 g/mol. The largest absolute Gasteiger partial charge is 0.465 e. The fourth-order valence-electron chi connectivity index (χ4n) is 2.99. The molecule has 3 nitrogen and oxygen atoms in total. The van der Waals surface area contributed by atoms with Crippen molar-refractivity contribution in [3.8, 4) is 0 Å². The Hall–Kier alpha value is -3.17. The number of hydrogen-bond donors (Lipinski definition) is 1. The van der Waals surface area contributed by atoms with Gasteiger partial charge in [-0.1, -0.05) is 84.9 Å². The second-order valence-corrected chi connectivity index (χ2v) is 6.26. The first-order chi connectivity index (χ1) is 13.2. The molecule has 1 N–H and O–H groups in total. The van der Waals surface area contributed by atoms with E-state index in [-0.39, 0.29) is 11.9 Å². The summed E-state index contributed by atoms with van der Waals surface area (Å²) in [4.78, 5) is 11.7. The van der Waals surface area contributed by atoms with Crippen LogP contribution in [0, 0.1) is 0 Å². The van der Waals surface area contributed by atoms with E-state index in [1.54, 1.807) is 12.1 Å². The highest BCUT2D eigenvalue weighted by Gasteiger charge is 2.20. The Balaban J connectivity index is 1.94. The van der Waals surface area contributed by atoms with Crippen molar-refractivity contribution < 1.29 is 14.6 Å². The molecule has 136 valence electrons. The minimum absolute atomic E-state index is 0.251. The Morgan fingerprint density at radius 3 is 2.04 bits per heavy atom. The molecule has 2 atom stereocenters. The third-order valence-electron chi connectivity index (χ3n) is 4.49. The number of rotatable bonds is 6.